The van der Waals surface area contributed by atoms with Crippen molar-refractivity contribution in [2.45, 2.75) is 26.8 Å². The first kappa shape index (κ1) is 12.5. The molecule has 0 fully saturated rings. The third kappa shape index (κ3) is 2.95. The van der Waals surface area contributed by atoms with Gasteiger partial charge in [-0.05, 0) is 18.9 Å². The highest BCUT2D eigenvalue weighted by Crippen LogP contribution is 2.13. The molecule has 1 aromatic heterocycles. The van der Waals surface area contributed by atoms with Crippen LogP contribution in [-0.4, -0.2) is 24.0 Å². The van der Waals surface area contributed by atoms with Crippen molar-refractivity contribution in [3.63, 3.8) is 0 Å². The Bertz CT molecular complexity index is 363. The molecule has 1 rings (SSSR count). The molecule has 1 heterocycles. The predicted molar refractivity (Wildman–Crippen MR) is 65.5 cm³/mol. The van der Waals surface area contributed by atoms with Crippen molar-refractivity contribution in [2.75, 3.05) is 12.4 Å². The minimum Gasteiger partial charge on any atom is -0.386 e. The summed E-state index contributed by atoms with van der Waals surface area (Å²) in [6.45, 7) is 6.16. The van der Waals surface area contributed by atoms with Gasteiger partial charge in [0.15, 0.2) is 0 Å². The molecule has 0 aliphatic rings. The highest BCUT2D eigenvalue weighted by molar-refractivity contribution is 5.99. The summed E-state index contributed by atoms with van der Waals surface area (Å²) in [5.41, 5.74) is 1.38. The second kappa shape index (κ2) is 5.49. The molecule has 0 bridgehead atoms. The van der Waals surface area contributed by atoms with E-state index in [-0.39, 0.29) is 11.9 Å². The van der Waals surface area contributed by atoms with Gasteiger partial charge in [0.2, 0.25) is 0 Å². The van der Waals surface area contributed by atoms with Crippen LogP contribution < -0.4 is 10.6 Å². The number of aromatic nitrogens is 1. The van der Waals surface area contributed by atoms with Gasteiger partial charge in [0.05, 0.1) is 17.4 Å². The third-order valence-corrected chi connectivity index (χ3v) is 2.69. The van der Waals surface area contributed by atoms with Crippen molar-refractivity contribution in [3.8, 4) is 0 Å². The van der Waals surface area contributed by atoms with Crippen LogP contribution in [-0.2, 0) is 0 Å². The normalized spacial score (nSPS) is 12.3. The van der Waals surface area contributed by atoms with E-state index in [0.717, 1.165) is 5.69 Å². The maximum Gasteiger partial charge on any atom is 0.253 e. The number of amides is 1. The Morgan fingerprint density at radius 2 is 2.06 bits per heavy atom. The Morgan fingerprint density at radius 1 is 1.38 bits per heavy atom. The first-order valence-electron chi connectivity index (χ1n) is 5.49. The van der Waals surface area contributed by atoms with Gasteiger partial charge < -0.3 is 10.6 Å². The number of pyridine rings is 1. The Morgan fingerprint density at radius 3 is 2.62 bits per heavy atom. The van der Waals surface area contributed by atoms with Gasteiger partial charge in [-0.25, -0.2) is 0 Å². The molecule has 2 N–H and O–H groups in total. The molecule has 0 aromatic carbocycles. The molecule has 16 heavy (non-hydrogen) atoms. The summed E-state index contributed by atoms with van der Waals surface area (Å²) in [4.78, 5) is 15.9. The summed E-state index contributed by atoms with van der Waals surface area (Å²) in [6.07, 6.45) is 3.27. The van der Waals surface area contributed by atoms with Gasteiger partial charge >= 0.3 is 0 Å². The Balaban J connectivity index is 2.80. The van der Waals surface area contributed by atoms with Crippen LogP contribution in [0.15, 0.2) is 18.5 Å². The number of hydrogen-bond acceptors (Lipinski definition) is 3. The fraction of sp³-hybridized carbons (Fsp3) is 0.500. The van der Waals surface area contributed by atoms with Crippen molar-refractivity contribution in [3.05, 3.63) is 24.0 Å². The highest BCUT2D eigenvalue weighted by Gasteiger charge is 2.14. The van der Waals surface area contributed by atoms with Gasteiger partial charge in [-0.1, -0.05) is 13.8 Å². The van der Waals surface area contributed by atoms with Crippen LogP contribution in [0.3, 0.4) is 0 Å². The molecule has 88 valence electrons. The van der Waals surface area contributed by atoms with E-state index in [4.69, 9.17) is 0 Å². The molecular weight excluding hydrogens is 202 g/mol. The van der Waals surface area contributed by atoms with Gasteiger partial charge in [-0.15, -0.1) is 0 Å². The van der Waals surface area contributed by atoms with Crippen LogP contribution in [0.4, 0.5) is 5.69 Å². The zero-order chi connectivity index (χ0) is 12.1. The smallest absolute Gasteiger partial charge is 0.253 e. The summed E-state index contributed by atoms with van der Waals surface area (Å²) in [6, 6.07) is 1.87. The minimum atomic E-state index is -0.0621. The highest BCUT2D eigenvalue weighted by atomic mass is 16.1. The molecule has 0 saturated heterocycles. The summed E-state index contributed by atoms with van der Waals surface area (Å²) >= 11 is 0. The third-order valence-electron chi connectivity index (χ3n) is 2.69. The van der Waals surface area contributed by atoms with E-state index < -0.39 is 0 Å². The minimum absolute atomic E-state index is 0.0621. The van der Waals surface area contributed by atoms with Crippen molar-refractivity contribution >= 4 is 11.6 Å². The predicted octanol–water partition coefficient (Wildman–Crippen LogP) is 1.90. The first-order chi connectivity index (χ1) is 7.56. The second-order valence-corrected chi connectivity index (χ2v) is 4.18. The molecule has 1 aromatic rings. The van der Waals surface area contributed by atoms with Crippen molar-refractivity contribution < 1.29 is 4.79 Å². The number of carbonyl (C=O) groups excluding carboxylic acids is 1. The lowest BCUT2D eigenvalue weighted by atomic mass is 10.1. The second-order valence-electron chi connectivity index (χ2n) is 4.18. The molecule has 1 amide bonds. The van der Waals surface area contributed by atoms with Crippen LogP contribution in [0.1, 0.15) is 31.1 Å². The van der Waals surface area contributed by atoms with Crippen LogP contribution in [0.5, 0.6) is 0 Å². The zero-order valence-corrected chi connectivity index (χ0v) is 10.2. The fourth-order valence-electron chi connectivity index (χ4n) is 1.24. The van der Waals surface area contributed by atoms with Crippen LogP contribution >= 0.6 is 0 Å². The van der Waals surface area contributed by atoms with Crippen molar-refractivity contribution in [2.24, 2.45) is 5.92 Å². The molecule has 4 nitrogen and oxygen atoms in total. The summed E-state index contributed by atoms with van der Waals surface area (Å²) in [5.74, 6) is 0.358. The van der Waals surface area contributed by atoms with E-state index in [2.05, 4.69) is 29.5 Å². The number of nitrogens with one attached hydrogen (secondary N) is 2. The number of hydrogen-bond donors (Lipinski definition) is 2. The molecule has 1 atom stereocenters. The van der Waals surface area contributed by atoms with E-state index in [0.29, 0.717) is 11.5 Å². The summed E-state index contributed by atoms with van der Waals surface area (Å²) in [5, 5.41) is 5.92. The lowest BCUT2D eigenvalue weighted by Gasteiger charge is -2.18. The van der Waals surface area contributed by atoms with E-state index in [9.17, 15) is 4.79 Å². The SMILES string of the molecule is CNc1cnccc1C(=O)NC(C)C(C)C. The van der Waals surface area contributed by atoms with Gasteiger partial charge in [-0.3, -0.25) is 9.78 Å². The fourth-order valence-corrected chi connectivity index (χ4v) is 1.24. The maximum atomic E-state index is 12.0. The Labute approximate surface area is 96.5 Å². The summed E-state index contributed by atoms with van der Waals surface area (Å²) in [7, 11) is 1.78. The van der Waals surface area contributed by atoms with Crippen LogP contribution in [0, 0.1) is 5.92 Å². The first-order valence-corrected chi connectivity index (χ1v) is 5.49. The lowest BCUT2D eigenvalue weighted by Crippen LogP contribution is -2.36. The van der Waals surface area contributed by atoms with Gasteiger partial charge in [0.1, 0.15) is 0 Å². The quantitative estimate of drug-likeness (QED) is 0.816. The van der Waals surface area contributed by atoms with Gasteiger partial charge in [0, 0.05) is 19.3 Å². The molecule has 0 spiro atoms. The molecule has 1 unspecified atom stereocenters. The standard InChI is InChI=1S/C12H19N3O/c1-8(2)9(3)15-12(16)10-5-6-14-7-11(10)13-4/h5-9,13H,1-4H3,(H,15,16). The number of anilines is 1. The average molecular weight is 221 g/mol. The van der Waals surface area contributed by atoms with Crippen molar-refractivity contribution in [1.29, 1.82) is 0 Å². The molecule has 0 aliphatic carbocycles. The van der Waals surface area contributed by atoms with Gasteiger partial charge in [-0.2, -0.15) is 0 Å². The molecular formula is C12H19N3O. The zero-order valence-electron chi connectivity index (χ0n) is 10.2. The summed E-state index contributed by atoms with van der Waals surface area (Å²) < 4.78 is 0. The Hall–Kier alpha value is -1.58. The van der Waals surface area contributed by atoms with E-state index >= 15 is 0 Å². The van der Waals surface area contributed by atoms with Crippen LogP contribution in [0.2, 0.25) is 0 Å². The Kier molecular flexibility index (Phi) is 4.28. The molecule has 0 saturated carbocycles. The largest absolute Gasteiger partial charge is 0.386 e. The molecule has 0 aliphatic heterocycles. The topological polar surface area (TPSA) is 54.0 Å². The molecule has 4 heteroatoms. The number of nitrogens with zero attached hydrogens (tertiary/aromatic N) is 1. The molecule has 0 radical (unpaired) electrons. The number of rotatable bonds is 4. The van der Waals surface area contributed by atoms with E-state index in [1.54, 1.807) is 25.5 Å². The van der Waals surface area contributed by atoms with Crippen molar-refractivity contribution in [1.82, 2.24) is 10.3 Å². The van der Waals surface area contributed by atoms with Crippen LogP contribution in [0.25, 0.3) is 0 Å². The van der Waals surface area contributed by atoms with E-state index in [1.165, 1.54) is 0 Å². The monoisotopic (exact) mass is 221 g/mol. The maximum absolute atomic E-state index is 12.0. The van der Waals surface area contributed by atoms with E-state index in [1.807, 2.05) is 6.92 Å². The average Bonchev–Trinajstić information content (AvgIpc) is 2.28. The lowest BCUT2D eigenvalue weighted by molar-refractivity contribution is 0.0931. The number of carbonyl (C=O) groups is 1. The van der Waals surface area contributed by atoms with Gasteiger partial charge in [0.25, 0.3) is 5.91 Å².